The summed E-state index contributed by atoms with van der Waals surface area (Å²) in [6.45, 7) is 3.58. The van der Waals surface area contributed by atoms with Gasteiger partial charge in [0, 0.05) is 18.0 Å². The van der Waals surface area contributed by atoms with Crippen LogP contribution in [0.4, 0.5) is 4.79 Å². The predicted molar refractivity (Wildman–Crippen MR) is 108 cm³/mol. The largest absolute Gasteiger partial charge is 0.376 e. The molecule has 3 rings (SSSR count). The van der Waals surface area contributed by atoms with Crippen LogP contribution in [0.3, 0.4) is 0 Å². The summed E-state index contributed by atoms with van der Waals surface area (Å²) in [6, 6.07) is 9.69. The molecule has 2 amide bonds. The van der Waals surface area contributed by atoms with Gasteiger partial charge in [0.25, 0.3) is 0 Å². The molecule has 1 aliphatic rings. The highest BCUT2D eigenvalue weighted by Crippen LogP contribution is 2.20. The summed E-state index contributed by atoms with van der Waals surface area (Å²) >= 11 is 1.60. The molecular formula is C19H25N3O4S2. The van der Waals surface area contributed by atoms with E-state index in [1.807, 2.05) is 24.4 Å². The average Bonchev–Trinajstić information content (AvgIpc) is 3.34. The lowest BCUT2D eigenvalue weighted by atomic mass is 10.1. The van der Waals surface area contributed by atoms with E-state index in [2.05, 4.69) is 5.32 Å². The summed E-state index contributed by atoms with van der Waals surface area (Å²) in [6.07, 6.45) is 2.00. The van der Waals surface area contributed by atoms with Gasteiger partial charge in [0.05, 0.1) is 23.6 Å². The van der Waals surface area contributed by atoms with E-state index in [9.17, 15) is 13.2 Å². The quantitative estimate of drug-likeness (QED) is 0.715. The smallest absolute Gasteiger partial charge is 0.318 e. The molecule has 1 saturated heterocycles. The summed E-state index contributed by atoms with van der Waals surface area (Å²) in [4.78, 5) is 15.8. The summed E-state index contributed by atoms with van der Waals surface area (Å²) in [5.74, 6) is 0. The predicted octanol–water partition coefficient (Wildman–Crippen LogP) is 2.85. The minimum Gasteiger partial charge on any atom is -0.376 e. The van der Waals surface area contributed by atoms with Crippen LogP contribution in [0.5, 0.6) is 0 Å². The Hall–Kier alpha value is -1.94. The molecule has 3 N–H and O–H groups in total. The van der Waals surface area contributed by atoms with Crippen LogP contribution in [0, 0.1) is 0 Å². The van der Waals surface area contributed by atoms with Gasteiger partial charge in [-0.3, -0.25) is 0 Å². The maximum atomic E-state index is 12.9. The number of rotatable bonds is 7. The number of nitrogens with zero attached hydrogens (tertiary/aromatic N) is 1. The minimum absolute atomic E-state index is 0.0286. The first-order chi connectivity index (χ1) is 13.3. The third-order valence-corrected chi connectivity index (χ3v) is 6.46. The fourth-order valence-corrected chi connectivity index (χ4v) is 4.45. The van der Waals surface area contributed by atoms with Crippen molar-refractivity contribution in [1.29, 1.82) is 0 Å². The zero-order valence-electron chi connectivity index (χ0n) is 15.7. The van der Waals surface area contributed by atoms with Gasteiger partial charge in [-0.25, -0.2) is 18.4 Å². The molecule has 2 heterocycles. The number of amides is 2. The van der Waals surface area contributed by atoms with Gasteiger partial charge in [-0.2, -0.15) is 0 Å². The zero-order chi connectivity index (χ0) is 20.1. The summed E-state index contributed by atoms with van der Waals surface area (Å²) < 4.78 is 28.9. The number of urea groups is 1. The summed E-state index contributed by atoms with van der Waals surface area (Å²) in [7, 11) is -3.79. The van der Waals surface area contributed by atoms with Crippen molar-refractivity contribution in [3.05, 3.63) is 52.2 Å². The van der Waals surface area contributed by atoms with Gasteiger partial charge >= 0.3 is 6.03 Å². The number of benzene rings is 1. The molecule has 9 heteroatoms. The first kappa shape index (κ1) is 20.8. The van der Waals surface area contributed by atoms with Gasteiger partial charge in [0.1, 0.15) is 0 Å². The molecule has 7 nitrogen and oxygen atoms in total. The second-order valence-corrected chi connectivity index (χ2v) is 9.48. The number of hydrogen-bond acceptors (Lipinski definition) is 5. The van der Waals surface area contributed by atoms with Crippen LogP contribution in [-0.2, 0) is 21.3 Å². The molecule has 0 aliphatic carbocycles. The topological polar surface area (TPSA) is 102 Å². The third kappa shape index (κ3) is 5.54. The number of sulfonamides is 1. The van der Waals surface area contributed by atoms with Gasteiger partial charge in [-0.05, 0) is 48.9 Å². The number of nitrogens with two attached hydrogens (primary N) is 1. The third-order valence-electron chi connectivity index (χ3n) is 4.69. The number of ether oxygens (including phenoxy) is 1. The fraction of sp³-hybridized carbons (Fsp3) is 0.421. The first-order valence-electron chi connectivity index (χ1n) is 9.15. The van der Waals surface area contributed by atoms with Crippen LogP contribution in [-0.4, -0.2) is 38.6 Å². The van der Waals surface area contributed by atoms with Crippen LogP contribution in [0.1, 0.15) is 36.2 Å². The van der Waals surface area contributed by atoms with Gasteiger partial charge in [0.15, 0.2) is 0 Å². The Balaban J connectivity index is 1.71. The zero-order valence-corrected chi connectivity index (χ0v) is 17.3. The van der Waals surface area contributed by atoms with E-state index in [-0.39, 0.29) is 23.1 Å². The molecule has 1 aromatic heterocycles. The molecule has 0 spiro atoms. The van der Waals surface area contributed by atoms with E-state index in [0.29, 0.717) is 18.7 Å². The maximum absolute atomic E-state index is 12.9. The number of primary sulfonamides is 1. The molecule has 1 fully saturated rings. The van der Waals surface area contributed by atoms with E-state index >= 15 is 0 Å². The van der Waals surface area contributed by atoms with Crippen molar-refractivity contribution in [3.8, 4) is 0 Å². The van der Waals surface area contributed by atoms with Gasteiger partial charge in [0.2, 0.25) is 10.0 Å². The maximum Gasteiger partial charge on any atom is 0.318 e. The fourth-order valence-electron chi connectivity index (χ4n) is 3.16. The second kappa shape index (κ2) is 9.04. The van der Waals surface area contributed by atoms with Gasteiger partial charge in [-0.1, -0.05) is 18.2 Å². The van der Waals surface area contributed by atoms with E-state index in [4.69, 9.17) is 9.88 Å². The van der Waals surface area contributed by atoms with Crippen molar-refractivity contribution in [2.45, 2.75) is 43.4 Å². The normalized spacial score (nSPS) is 18.0. The van der Waals surface area contributed by atoms with Crippen LogP contribution in [0.2, 0.25) is 0 Å². The SMILES string of the molecule is CC(NC(=O)N(Cc1cccs1)CC1CCCO1)c1cccc(S(N)(=O)=O)c1. The number of thiophene rings is 1. The lowest BCUT2D eigenvalue weighted by Crippen LogP contribution is -2.44. The molecule has 0 saturated carbocycles. The average molecular weight is 424 g/mol. The van der Waals surface area contributed by atoms with Crippen LogP contribution in [0.25, 0.3) is 0 Å². The highest BCUT2D eigenvalue weighted by Gasteiger charge is 2.24. The Morgan fingerprint density at radius 3 is 2.86 bits per heavy atom. The number of nitrogens with one attached hydrogen (secondary N) is 1. The first-order valence-corrected chi connectivity index (χ1v) is 11.6. The summed E-state index contributed by atoms with van der Waals surface area (Å²) in [5.41, 5.74) is 0.674. The van der Waals surface area contributed by atoms with E-state index in [1.165, 1.54) is 12.1 Å². The molecule has 152 valence electrons. The van der Waals surface area contributed by atoms with E-state index in [0.717, 1.165) is 24.3 Å². The minimum atomic E-state index is -3.79. The summed E-state index contributed by atoms with van der Waals surface area (Å²) in [5, 5.41) is 10.2. The standard InChI is InChI=1S/C19H25N3O4S2/c1-14(15-5-2-8-18(11-15)28(20,24)25)21-19(23)22(12-16-6-3-9-26-16)13-17-7-4-10-27-17/h2,4-5,7-8,10-11,14,16H,3,6,9,12-13H2,1H3,(H,21,23)(H2,20,24,25). The Kier molecular flexibility index (Phi) is 6.71. The van der Waals surface area contributed by atoms with E-state index in [1.54, 1.807) is 28.4 Å². The Bertz CT molecular complexity index is 894. The van der Waals surface area contributed by atoms with Crippen molar-refractivity contribution in [1.82, 2.24) is 10.2 Å². The number of hydrogen-bond donors (Lipinski definition) is 2. The Morgan fingerprint density at radius 1 is 1.39 bits per heavy atom. The van der Waals surface area contributed by atoms with Crippen LogP contribution >= 0.6 is 11.3 Å². The number of carbonyl (C=O) groups is 1. The van der Waals surface area contributed by atoms with Crippen molar-refractivity contribution in [2.24, 2.45) is 5.14 Å². The Labute approximate surface area is 169 Å². The Morgan fingerprint density at radius 2 is 2.21 bits per heavy atom. The highest BCUT2D eigenvalue weighted by molar-refractivity contribution is 7.89. The van der Waals surface area contributed by atoms with E-state index < -0.39 is 10.0 Å². The van der Waals surface area contributed by atoms with Gasteiger partial charge < -0.3 is 15.0 Å². The molecule has 1 aliphatic heterocycles. The lowest BCUT2D eigenvalue weighted by molar-refractivity contribution is 0.0792. The van der Waals surface area contributed by atoms with Crippen LogP contribution in [0.15, 0.2) is 46.7 Å². The van der Waals surface area contributed by atoms with Crippen molar-refractivity contribution < 1.29 is 17.9 Å². The molecular weight excluding hydrogens is 398 g/mol. The molecule has 2 aromatic rings. The van der Waals surface area contributed by atoms with Crippen molar-refractivity contribution in [3.63, 3.8) is 0 Å². The monoisotopic (exact) mass is 423 g/mol. The van der Waals surface area contributed by atoms with Crippen molar-refractivity contribution in [2.75, 3.05) is 13.2 Å². The molecule has 2 unspecified atom stereocenters. The molecule has 2 atom stereocenters. The molecule has 1 aromatic carbocycles. The van der Waals surface area contributed by atoms with Crippen molar-refractivity contribution >= 4 is 27.4 Å². The number of carbonyl (C=O) groups excluding carboxylic acids is 1. The molecule has 0 bridgehead atoms. The second-order valence-electron chi connectivity index (χ2n) is 6.88. The molecule has 28 heavy (non-hydrogen) atoms. The highest BCUT2D eigenvalue weighted by atomic mass is 32.2. The van der Waals surface area contributed by atoms with Crippen LogP contribution < -0.4 is 10.5 Å². The van der Waals surface area contributed by atoms with Gasteiger partial charge in [-0.15, -0.1) is 11.3 Å². The molecule has 0 radical (unpaired) electrons. The lowest BCUT2D eigenvalue weighted by Gasteiger charge is -2.27.